The number of carbonyl (C=O) groups is 1. The highest BCUT2D eigenvalue weighted by molar-refractivity contribution is 7.11. The molecule has 0 spiro atoms. The number of halogens is 2. The van der Waals surface area contributed by atoms with Gasteiger partial charge in [-0.2, -0.15) is 0 Å². The number of nitro groups is 1. The fraction of sp³-hybridized carbons (Fsp3) is 0.154. The zero-order valence-electron chi connectivity index (χ0n) is 10.9. The number of non-ortho nitro benzene ring substituents is 1. The van der Waals surface area contributed by atoms with Gasteiger partial charge >= 0.3 is 0 Å². The molecule has 0 saturated heterocycles. The number of thiophene rings is 1. The minimum atomic E-state index is -0.623. The molecule has 21 heavy (non-hydrogen) atoms. The molecule has 0 saturated carbocycles. The SMILES string of the molecule is Cc1ccc(CNC(=O)c2cc([N+](=O)[O-])cc(Cl)c2Cl)s1. The largest absolute Gasteiger partial charge is 0.347 e. The summed E-state index contributed by atoms with van der Waals surface area (Å²) in [6.07, 6.45) is 0. The summed E-state index contributed by atoms with van der Waals surface area (Å²) in [5.41, 5.74) is -0.286. The van der Waals surface area contributed by atoms with Gasteiger partial charge in [0, 0.05) is 21.9 Å². The Morgan fingerprint density at radius 1 is 1.38 bits per heavy atom. The molecule has 0 aliphatic rings. The Balaban J connectivity index is 2.20. The minimum absolute atomic E-state index is 0.00197. The molecule has 1 aromatic carbocycles. The van der Waals surface area contributed by atoms with Crippen LogP contribution in [0.3, 0.4) is 0 Å². The molecule has 0 atom stereocenters. The summed E-state index contributed by atoms with van der Waals surface area (Å²) in [4.78, 5) is 24.4. The Labute approximate surface area is 134 Å². The number of nitro benzene ring substituents is 1. The molecule has 0 unspecified atom stereocenters. The van der Waals surface area contributed by atoms with Crippen LogP contribution in [-0.2, 0) is 6.54 Å². The number of nitrogens with zero attached hydrogens (tertiary/aromatic N) is 1. The fourth-order valence-corrected chi connectivity index (χ4v) is 2.93. The van der Waals surface area contributed by atoms with Crippen molar-refractivity contribution in [3.63, 3.8) is 0 Å². The molecule has 1 N–H and O–H groups in total. The third kappa shape index (κ3) is 3.72. The van der Waals surface area contributed by atoms with Crippen LogP contribution in [0.2, 0.25) is 10.0 Å². The molecule has 1 aromatic heterocycles. The lowest BCUT2D eigenvalue weighted by Gasteiger charge is -2.07. The van der Waals surface area contributed by atoms with Crippen LogP contribution in [0, 0.1) is 17.0 Å². The van der Waals surface area contributed by atoms with E-state index in [1.165, 1.54) is 0 Å². The Kier molecular flexibility index (Phi) is 4.82. The molecule has 5 nitrogen and oxygen atoms in total. The quantitative estimate of drug-likeness (QED) is 0.667. The number of amides is 1. The summed E-state index contributed by atoms with van der Waals surface area (Å²) in [5, 5.41) is 13.4. The van der Waals surface area contributed by atoms with Crippen LogP contribution in [0.1, 0.15) is 20.1 Å². The maximum Gasteiger partial charge on any atom is 0.271 e. The van der Waals surface area contributed by atoms with Gasteiger partial charge in [0.2, 0.25) is 0 Å². The first kappa shape index (κ1) is 15.8. The number of aryl methyl sites for hydroxylation is 1. The van der Waals surface area contributed by atoms with Crippen LogP contribution in [0.5, 0.6) is 0 Å². The van der Waals surface area contributed by atoms with Crippen molar-refractivity contribution >= 4 is 46.1 Å². The van der Waals surface area contributed by atoms with Crippen molar-refractivity contribution in [2.45, 2.75) is 13.5 Å². The molecule has 1 amide bonds. The summed E-state index contributed by atoms with van der Waals surface area (Å²) in [5.74, 6) is -0.503. The van der Waals surface area contributed by atoms with E-state index < -0.39 is 10.8 Å². The third-order valence-electron chi connectivity index (χ3n) is 2.69. The first-order valence-electron chi connectivity index (χ1n) is 5.85. The van der Waals surface area contributed by atoms with E-state index in [2.05, 4.69) is 5.32 Å². The van der Waals surface area contributed by atoms with E-state index in [9.17, 15) is 14.9 Å². The monoisotopic (exact) mass is 344 g/mol. The van der Waals surface area contributed by atoms with Gasteiger partial charge in [-0.05, 0) is 19.1 Å². The lowest BCUT2D eigenvalue weighted by molar-refractivity contribution is -0.384. The summed E-state index contributed by atoms with van der Waals surface area (Å²) < 4.78 is 0. The molecule has 110 valence electrons. The van der Waals surface area contributed by atoms with Crippen molar-refractivity contribution < 1.29 is 9.72 Å². The standard InChI is InChI=1S/C13H10Cl2N2O3S/c1-7-2-3-9(21-7)6-16-13(18)10-4-8(17(19)20)5-11(14)12(10)15/h2-5H,6H2,1H3,(H,16,18). The summed E-state index contributed by atoms with van der Waals surface area (Å²) >= 11 is 13.3. The molecule has 1 heterocycles. The van der Waals surface area contributed by atoms with Gasteiger partial charge in [-0.3, -0.25) is 14.9 Å². The van der Waals surface area contributed by atoms with E-state index in [1.54, 1.807) is 11.3 Å². The smallest absolute Gasteiger partial charge is 0.271 e. The molecular weight excluding hydrogens is 335 g/mol. The average Bonchev–Trinajstić information content (AvgIpc) is 2.84. The average molecular weight is 345 g/mol. The van der Waals surface area contributed by atoms with Gasteiger partial charge in [0.05, 0.1) is 27.1 Å². The van der Waals surface area contributed by atoms with Crippen LogP contribution in [0.25, 0.3) is 0 Å². The molecule has 0 aliphatic carbocycles. The zero-order valence-corrected chi connectivity index (χ0v) is 13.2. The Morgan fingerprint density at radius 3 is 2.67 bits per heavy atom. The molecule has 0 aliphatic heterocycles. The van der Waals surface area contributed by atoms with Gasteiger partial charge in [-0.1, -0.05) is 23.2 Å². The molecule has 8 heteroatoms. The van der Waals surface area contributed by atoms with E-state index in [0.29, 0.717) is 6.54 Å². The highest BCUT2D eigenvalue weighted by Gasteiger charge is 2.19. The van der Waals surface area contributed by atoms with Crippen molar-refractivity contribution in [2.75, 3.05) is 0 Å². The van der Waals surface area contributed by atoms with Gasteiger partial charge in [0.1, 0.15) is 0 Å². The fourth-order valence-electron chi connectivity index (χ4n) is 1.69. The lowest BCUT2D eigenvalue weighted by atomic mass is 10.2. The highest BCUT2D eigenvalue weighted by Crippen LogP contribution is 2.30. The number of nitrogens with one attached hydrogen (secondary N) is 1. The normalized spacial score (nSPS) is 10.4. The predicted molar refractivity (Wildman–Crippen MR) is 83.3 cm³/mol. The van der Waals surface area contributed by atoms with Crippen LogP contribution < -0.4 is 5.32 Å². The van der Waals surface area contributed by atoms with Gasteiger partial charge < -0.3 is 5.32 Å². The van der Waals surface area contributed by atoms with E-state index >= 15 is 0 Å². The third-order valence-corrected chi connectivity index (χ3v) is 4.49. The number of carbonyl (C=O) groups excluding carboxylic acids is 1. The maximum atomic E-state index is 12.1. The Bertz CT molecular complexity index is 715. The summed E-state index contributed by atoms with van der Waals surface area (Å²) in [6.45, 7) is 2.29. The van der Waals surface area contributed by atoms with Crippen molar-refractivity contribution in [3.8, 4) is 0 Å². The van der Waals surface area contributed by atoms with Gasteiger partial charge in [0.15, 0.2) is 0 Å². The first-order valence-corrected chi connectivity index (χ1v) is 7.42. The predicted octanol–water partition coefficient (Wildman–Crippen LogP) is 4.20. The number of hydrogen-bond acceptors (Lipinski definition) is 4. The topological polar surface area (TPSA) is 72.2 Å². The van der Waals surface area contributed by atoms with Crippen molar-refractivity contribution in [1.82, 2.24) is 5.32 Å². The van der Waals surface area contributed by atoms with Crippen molar-refractivity contribution in [1.29, 1.82) is 0 Å². The highest BCUT2D eigenvalue weighted by atomic mass is 35.5. The Hall–Kier alpha value is -1.63. The second-order valence-electron chi connectivity index (χ2n) is 4.24. The molecule has 0 radical (unpaired) electrons. The van der Waals surface area contributed by atoms with Crippen LogP contribution in [0.15, 0.2) is 24.3 Å². The zero-order chi connectivity index (χ0) is 15.6. The summed E-state index contributed by atoms with van der Waals surface area (Å²) in [7, 11) is 0. The number of benzene rings is 1. The minimum Gasteiger partial charge on any atom is -0.347 e. The molecule has 0 fully saturated rings. The first-order chi connectivity index (χ1) is 9.88. The Morgan fingerprint density at radius 2 is 2.10 bits per heavy atom. The molecule has 2 rings (SSSR count). The van der Waals surface area contributed by atoms with Crippen molar-refractivity contribution in [2.24, 2.45) is 0 Å². The van der Waals surface area contributed by atoms with Gasteiger partial charge in [-0.25, -0.2) is 0 Å². The van der Waals surface area contributed by atoms with Crippen LogP contribution in [-0.4, -0.2) is 10.8 Å². The molecular formula is C13H10Cl2N2O3S. The van der Waals surface area contributed by atoms with E-state index in [4.69, 9.17) is 23.2 Å². The van der Waals surface area contributed by atoms with Gasteiger partial charge in [0.25, 0.3) is 11.6 Å². The second-order valence-corrected chi connectivity index (χ2v) is 6.40. The van der Waals surface area contributed by atoms with Gasteiger partial charge in [-0.15, -0.1) is 11.3 Å². The molecule has 2 aromatic rings. The van der Waals surface area contributed by atoms with Crippen molar-refractivity contribution in [3.05, 3.63) is 59.7 Å². The van der Waals surface area contributed by atoms with E-state index in [1.807, 2.05) is 19.1 Å². The lowest BCUT2D eigenvalue weighted by Crippen LogP contribution is -2.22. The van der Waals surface area contributed by atoms with Crippen LogP contribution >= 0.6 is 34.5 Å². The number of hydrogen-bond donors (Lipinski definition) is 1. The van der Waals surface area contributed by atoms with E-state index in [0.717, 1.165) is 21.9 Å². The number of rotatable bonds is 4. The molecule has 0 bridgehead atoms. The van der Waals surface area contributed by atoms with Crippen LogP contribution in [0.4, 0.5) is 5.69 Å². The second kappa shape index (κ2) is 6.43. The van der Waals surface area contributed by atoms with E-state index in [-0.39, 0.29) is 21.3 Å². The maximum absolute atomic E-state index is 12.1. The summed E-state index contributed by atoms with van der Waals surface area (Å²) in [6, 6.07) is 6.08.